The summed E-state index contributed by atoms with van der Waals surface area (Å²) in [6.45, 7) is 0. The highest BCUT2D eigenvalue weighted by Gasteiger charge is 2.16. The third-order valence-electron chi connectivity index (χ3n) is 2.38. The van der Waals surface area contributed by atoms with Crippen molar-refractivity contribution in [3.05, 3.63) is 51.4 Å². The summed E-state index contributed by atoms with van der Waals surface area (Å²) in [5.74, 6) is 1.60. The molecule has 0 aliphatic heterocycles. The van der Waals surface area contributed by atoms with Gasteiger partial charge in [0.05, 0.1) is 29.3 Å². The van der Waals surface area contributed by atoms with Crippen LogP contribution in [0.25, 0.3) is 4.98 Å². The quantitative estimate of drug-likeness (QED) is 0.811. The standard InChI is InChI=1S/C13H9Cl2N2O2.ClH/c1-18-9-2-4-10(5-3-9)19-13-11(14)6-8(17-16)7-12(13)15;/h2-7H,1H3;1H/q+1;/p-1. The Morgan fingerprint density at radius 2 is 1.50 bits per heavy atom. The van der Waals surface area contributed by atoms with Crippen molar-refractivity contribution in [2.75, 3.05) is 7.11 Å². The Bertz CT molecular complexity index is 616. The SMILES string of the molecule is COc1ccc(Oc2c(Cl)cc([N+]#N)cc2Cl)cc1.[Cl-]. The van der Waals surface area contributed by atoms with Gasteiger partial charge < -0.3 is 21.9 Å². The van der Waals surface area contributed by atoms with Crippen molar-refractivity contribution in [1.29, 1.82) is 5.39 Å². The molecule has 0 N–H and O–H groups in total. The van der Waals surface area contributed by atoms with Crippen molar-refractivity contribution >= 4 is 28.9 Å². The van der Waals surface area contributed by atoms with Crippen LogP contribution in [-0.4, -0.2) is 7.11 Å². The van der Waals surface area contributed by atoms with Crippen molar-refractivity contribution in [3.63, 3.8) is 0 Å². The first-order valence-electron chi connectivity index (χ1n) is 5.30. The van der Waals surface area contributed by atoms with Gasteiger partial charge in [0.2, 0.25) is 5.39 Å². The Balaban J connectivity index is 0.00000200. The van der Waals surface area contributed by atoms with Crippen LogP contribution in [0, 0.1) is 5.39 Å². The molecule has 0 unspecified atom stereocenters. The Morgan fingerprint density at radius 1 is 1.00 bits per heavy atom. The van der Waals surface area contributed by atoms with Crippen molar-refractivity contribution in [3.8, 4) is 17.2 Å². The molecule has 4 nitrogen and oxygen atoms in total. The summed E-state index contributed by atoms with van der Waals surface area (Å²) in [6, 6.07) is 9.88. The van der Waals surface area contributed by atoms with Gasteiger partial charge in [0.15, 0.2) is 10.7 Å². The van der Waals surface area contributed by atoms with E-state index in [1.54, 1.807) is 31.4 Å². The molecule has 2 aromatic carbocycles. The van der Waals surface area contributed by atoms with Crippen LogP contribution >= 0.6 is 23.2 Å². The Labute approximate surface area is 132 Å². The lowest BCUT2D eigenvalue weighted by Gasteiger charge is -2.09. The molecule has 20 heavy (non-hydrogen) atoms. The van der Waals surface area contributed by atoms with Gasteiger partial charge in [-0.25, -0.2) is 0 Å². The van der Waals surface area contributed by atoms with Gasteiger partial charge in [0.25, 0.3) is 0 Å². The molecule has 0 atom stereocenters. The predicted molar refractivity (Wildman–Crippen MR) is 74.3 cm³/mol. The first-order chi connectivity index (χ1) is 9.13. The maximum absolute atomic E-state index is 8.68. The van der Waals surface area contributed by atoms with Gasteiger partial charge in [0.1, 0.15) is 11.5 Å². The monoisotopic (exact) mass is 330 g/mol. The van der Waals surface area contributed by atoms with E-state index in [1.807, 2.05) is 0 Å². The van der Waals surface area contributed by atoms with Crippen LogP contribution in [0.4, 0.5) is 5.69 Å². The Kier molecular flexibility index (Phi) is 5.90. The molecule has 104 valence electrons. The minimum absolute atomic E-state index is 0. The Morgan fingerprint density at radius 3 is 1.95 bits per heavy atom. The molecule has 2 rings (SSSR count). The number of halogens is 3. The molecule has 2 aromatic rings. The summed E-state index contributed by atoms with van der Waals surface area (Å²) >= 11 is 12.0. The molecule has 7 heteroatoms. The van der Waals surface area contributed by atoms with Crippen LogP contribution in [0.1, 0.15) is 0 Å². The normalized spacial score (nSPS) is 9.30. The molecule has 0 amide bonds. The lowest BCUT2D eigenvalue weighted by Crippen LogP contribution is -3.00. The largest absolute Gasteiger partial charge is 1.00 e. The molecular weight excluding hydrogens is 323 g/mol. The maximum Gasteiger partial charge on any atom is 0.388 e. The number of hydrogen-bond donors (Lipinski definition) is 0. The zero-order valence-corrected chi connectivity index (χ0v) is 12.6. The number of diazo groups is 1. The van der Waals surface area contributed by atoms with Gasteiger partial charge in [0, 0.05) is 0 Å². The molecule has 0 saturated heterocycles. The van der Waals surface area contributed by atoms with Gasteiger partial charge in [-0.1, -0.05) is 23.2 Å². The van der Waals surface area contributed by atoms with E-state index >= 15 is 0 Å². The van der Waals surface area contributed by atoms with Crippen molar-refractivity contribution < 1.29 is 21.9 Å². The average molecular weight is 332 g/mol. The zero-order valence-electron chi connectivity index (χ0n) is 10.3. The molecule has 0 saturated carbocycles. The fraction of sp³-hybridized carbons (Fsp3) is 0.0769. The molecule has 0 aromatic heterocycles. The fourth-order valence-electron chi connectivity index (χ4n) is 1.46. The molecule has 0 aliphatic carbocycles. The number of rotatable bonds is 3. The van der Waals surface area contributed by atoms with Gasteiger partial charge in [-0.05, 0) is 24.3 Å². The van der Waals surface area contributed by atoms with Gasteiger partial charge >= 0.3 is 5.69 Å². The van der Waals surface area contributed by atoms with Gasteiger partial charge in [-0.3, -0.25) is 0 Å². The summed E-state index contributed by atoms with van der Waals surface area (Å²) in [6.07, 6.45) is 0. The second-order valence-electron chi connectivity index (χ2n) is 3.62. The summed E-state index contributed by atoms with van der Waals surface area (Å²) < 4.78 is 10.6. The number of hydrogen-bond acceptors (Lipinski definition) is 3. The van der Waals surface area contributed by atoms with E-state index in [2.05, 4.69) is 4.98 Å². The van der Waals surface area contributed by atoms with E-state index in [-0.39, 0.29) is 28.1 Å². The molecular formula is C13H9Cl3N2O2. The van der Waals surface area contributed by atoms with Gasteiger partial charge in [-0.15, -0.1) is 0 Å². The first kappa shape index (κ1) is 16.4. The minimum Gasteiger partial charge on any atom is -1.00 e. The van der Waals surface area contributed by atoms with E-state index < -0.39 is 0 Å². The van der Waals surface area contributed by atoms with Crippen LogP contribution in [0.2, 0.25) is 10.0 Å². The van der Waals surface area contributed by atoms with Crippen LogP contribution in [0.15, 0.2) is 36.4 Å². The highest BCUT2D eigenvalue weighted by atomic mass is 35.5. The van der Waals surface area contributed by atoms with Crippen molar-refractivity contribution in [2.24, 2.45) is 0 Å². The summed E-state index contributed by atoms with van der Waals surface area (Å²) in [7, 11) is 1.58. The van der Waals surface area contributed by atoms with Crippen LogP contribution in [-0.2, 0) is 0 Å². The molecule has 0 radical (unpaired) electrons. The summed E-state index contributed by atoms with van der Waals surface area (Å²) in [4.78, 5) is 3.02. The van der Waals surface area contributed by atoms with E-state index in [1.165, 1.54) is 12.1 Å². The molecule has 0 fully saturated rings. The topological polar surface area (TPSA) is 46.6 Å². The van der Waals surface area contributed by atoms with Crippen molar-refractivity contribution in [2.45, 2.75) is 0 Å². The van der Waals surface area contributed by atoms with Crippen molar-refractivity contribution in [1.82, 2.24) is 0 Å². The third kappa shape index (κ3) is 3.67. The highest BCUT2D eigenvalue weighted by Crippen LogP contribution is 2.39. The summed E-state index contributed by atoms with van der Waals surface area (Å²) in [5, 5.41) is 9.20. The predicted octanol–water partition coefficient (Wildman–Crippen LogP) is 2.28. The minimum atomic E-state index is 0. The van der Waals surface area contributed by atoms with Crippen LogP contribution < -0.4 is 21.9 Å². The maximum atomic E-state index is 8.68. The Hall–Kier alpha value is -1.67. The van der Waals surface area contributed by atoms with Crippen LogP contribution in [0.3, 0.4) is 0 Å². The second-order valence-corrected chi connectivity index (χ2v) is 4.43. The summed E-state index contributed by atoms with van der Waals surface area (Å²) in [5.41, 5.74) is 0.261. The van der Waals surface area contributed by atoms with Crippen LogP contribution in [0.5, 0.6) is 17.2 Å². The van der Waals surface area contributed by atoms with E-state index in [0.717, 1.165) is 5.75 Å². The lowest BCUT2D eigenvalue weighted by atomic mass is 10.3. The number of methoxy groups -OCH3 is 1. The molecule has 0 spiro atoms. The lowest BCUT2D eigenvalue weighted by molar-refractivity contribution is -0.00000462. The van der Waals surface area contributed by atoms with E-state index in [9.17, 15) is 0 Å². The van der Waals surface area contributed by atoms with E-state index in [4.69, 9.17) is 38.1 Å². The molecule has 0 heterocycles. The third-order valence-corrected chi connectivity index (χ3v) is 2.94. The highest BCUT2D eigenvalue weighted by molar-refractivity contribution is 6.37. The average Bonchev–Trinajstić information content (AvgIpc) is 2.43. The second kappa shape index (κ2) is 7.20. The number of benzene rings is 2. The fourth-order valence-corrected chi connectivity index (χ4v) is 2.02. The molecule has 0 aliphatic rings. The molecule has 0 bridgehead atoms. The number of nitrogens with zero attached hydrogens (tertiary/aromatic N) is 2. The van der Waals surface area contributed by atoms with E-state index in [0.29, 0.717) is 11.5 Å². The first-order valence-corrected chi connectivity index (χ1v) is 6.05. The zero-order chi connectivity index (χ0) is 13.8. The smallest absolute Gasteiger partial charge is 0.388 e. The number of ether oxygens (including phenoxy) is 2. The van der Waals surface area contributed by atoms with Gasteiger partial charge in [-0.2, -0.15) is 0 Å².